The van der Waals surface area contributed by atoms with Crippen molar-refractivity contribution in [2.24, 2.45) is 23.0 Å². The maximum atomic E-state index is 16.0. The van der Waals surface area contributed by atoms with Gasteiger partial charge >= 0.3 is 0 Å². The highest BCUT2D eigenvalue weighted by atomic mass is 19.1. The summed E-state index contributed by atoms with van der Waals surface area (Å²) in [7, 11) is 0. The van der Waals surface area contributed by atoms with Crippen LogP contribution in [-0.4, -0.2) is 61.5 Å². The van der Waals surface area contributed by atoms with Gasteiger partial charge in [0.1, 0.15) is 28.7 Å². The molecule has 0 aliphatic heterocycles. The number of aromatic hydroxyl groups is 1. The Bertz CT molecular complexity index is 1340. The first-order valence-corrected chi connectivity index (χ1v) is 13.6. The third kappa shape index (κ3) is 3.98. The molecule has 210 valence electrons. The average molecular weight is 543 g/mol. The Labute approximate surface area is 225 Å². The van der Waals surface area contributed by atoms with Crippen molar-refractivity contribution in [3.8, 4) is 5.75 Å². The normalized spacial score (nSPS) is 27.7. The van der Waals surface area contributed by atoms with E-state index >= 15 is 4.39 Å². The summed E-state index contributed by atoms with van der Waals surface area (Å²) in [5.74, 6) is -7.82. The van der Waals surface area contributed by atoms with Crippen molar-refractivity contribution in [3.63, 3.8) is 0 Å². The lowest BCUT2D eigenvalue weighted by Gasteiger charge is -2.45. The van der Waals surface area contributed by atoms with Crippen LogP contribution in [0.2, 0.25) is 0 Å². The van der Waals surface area contributed by atoms with Gasteiger partial charge in [-0.25, -0.2) is 4.39 Å². The first kappa shape index (κ1) is 27.3. The largest absolute Gasteiger partial charge is 0.511 e. The average Bonchev–Trinajstić information content (AvgIpc) is 2.85. The van der Waals surface area contributed by atoms with Gasteiger partial charge in [0.05, 0.1) is 5.56 Å². The number of primary amides is 1. The van der Waals surface area contributed by atoms with E-state index < -0.39 is 63.6 Å². The number of nitrogens with two attached hydrogens (primary N) is 1. The van der Waals surface area contributed by atoms with Gasteiger partial charge in [0, 0.05) is 42.1 Å². The van der Waals surface area contributed by atoms with E-state index in [1.54, 1.807) is 0 Å². The standard InChI is InChI=1S/C29H35FN2O7/c1-3-28(6-5-7-28)13-32(4-2)12-15-10-18(33)21-17(23(15)30)9-14-8-16-11-19(34)22(27(31)38)26(37)29(16,39)25(36)20(14)24(21)35/h10,14,16,33-34,36,39H,3-9,11-13H2,1-2H3,(H2,31,38)/t14?,16-,29-/m0/s1. The number of Topliss-reactive ketones (excluding diaryl/α,β-unsaturated/α-hetero) is 2. The number of amides is 1. The van der Waals surface area contributed by atoms with Gasteiger partial charge in [-0.05, 0) is 56.0 Å². The highest BCUT2D eigenvalue weighted by molar-refractivity contribution is 6.24. The Morgan fingerprint density at radius 3 is 2.44 bits per heavy atom. The summed E-state index contributed by atoms with van der Waals surface area (Å²) in [6.45, 7) is 5.95. The first-order valence-electron chi connectivity index (χ1n) is 13.6. The molecule has 0 spiro atoms. The van der Waals surface area contributed by atoms with Crippen molar-refractivity contribution in [2.75, 3.05) is 13.1 Å². The van der Waals surface area contributed by atoms with Crippen LogP contribution in [0.5, 0.6) is 5.75 Å². The molecule has 0 bridgehead atoms. The number of rotatable bonds is 7. The predicted octanol–water partition coefficient (Wildman–Crippen LogP) is 3.12. The smallest absolute Gasteiger partial charge is 0.255 e. The molecule has 6 N–H and O–H groups in total. The summed E-state index contributed by atoms with van der Waals surface area (Å²) in [6, 6.07) is 1.24. The molecule has 9 nitrogen and oxygen atoms in total. The number of ketones is 2. The summed E-state index contributed by atoms with van der Waals surface area (Å²) >= 11 is 0. The minimum atomic E-state index is -2.64. The van der Waals surface area contributed by atoms with Gasteiger partial charge in [-0.2, -0.15) is 0 Å². The van der Waals surface area contributed by atoms with Crippen molar-refractivity contribution < 1.29 is 39.2 Å². The molecule has 4 aliphatic carbocycles. The number of fused-ring (bicyclic) bond motifs is 3. The second kappa shape index (κ2) is 9.45. The molecular formula is C29H35FN2O7. The van der Waals surface area contributed by atoms with Gasteiger partial charge in [-0.3, -0.25) is 19.3 Å². The van der Waals surface area contributed by atoms with Crippen molar-refractivity contribution in [1.29, 1.82) is 0 Å². The fraction of sp³-hybridized carbons (Fsp3) is 0.552. The van der Waals surface area contributed by atoms with Crippen molar-refractivity contribution >= 4 is 17.5 Å². The lowest BCUT2D eigenvalue weighted by Crippen LogP contribution is -2.57. The molecule has 1 unspecified atom stereocenters. The second-order valence-corrected chi connectivity index (χ2v) is 11.6. The lowest BCUT2D eigenvalue weighted by molar-refractivity contribution is -0.144. The van der Waals surface area contributed by atoms with Crippen LogP contribution < -0.4 is 5.73 Å². The Hall–Kier alpha value is -3.24. The molecule has 5 rings (SSSR count). The fourth-order valence-corrected chi connectivity index (χ4v) is 7.13. The van der Waals surface area contributed by atoms with Crippen LogP contribution >= 0.6 is 0 Å². The number of halogens is 1. The number of carbonyl (C=O) groups is 3. The van der Waals surface area contributed by atoms with Crippen LogP contribution in [0.25, 0.3) is 0 Å². The third-order valence-electron chi connectivity index (χ3n) is 9.63. The molecule has 0 heterocycles. The Morgan fingerprint density at radius 2 is 1.87 bits per heavy atom. The lowest BCUT2D eigenvalue weighted by atomic mass is 9.60. The van der Waals surface area contributed by atoms with Gasteiger partial charge in [0.25, 0.3) is 5.91 Å². The summed E-state index contributed by atoms with van der Waals surface area (Å²) in [5.41, 5.74) is 1.68. The van der Waals surface area contributed by atoms with Crippen LogP contribution in [0, 0.1) is 23.1 Å². The Kier molecular flexibility index (Phi) is 6.62. The van der Waals surface area contributed by atoms with Crippen molar-refractivity contribution in [1.82, 2.24) is 4.90 Å². The van der Waals surface area contributed by atoms with E-state index in [4.69, 9.17) is 5.73 Å². The fourth-order valence-electron chi connectivity index (χ4n) is 7.13. The third-order valence-corrected chi connectivity index (χ3v) is 9.63. The molecule has 4 aliphatic rings. The molecule has 1 aromatic rings. The molecular weight excluding hydrogens is 507 g/mol. The summed E-state index contributed by atoms with van der Waals surface area (Å²) < 4.78 is 16.0. The number of hydrogen-bond acceptors (Lipinski definition) is 8. The number of aliphatic hydroxyl groups excluding tert-OH is 2. The monoisotopic (exact) mass is 542 g/mol. The number of phenols is 1. The van der Waals surface area contributed by atoms with E-state index in [-0.39, 0.29) is 53.5 Å². The molecule has 1 aromatic carbocycles. The Morgan fingerprint density at radius 1 is 1.18 bits per heavy atom. The zero-order chi connectivity index (χ0) is 28.4. The van der Waals surface area contributed by atoms with E-state index in [1.165, 1.54) is 12.5 Å². The number of benzene rings is 1. The molecule has 10 heteroatoms. The van der Waals surface area contributed by atoms with Gasteiger partial charge in [0.2, 0.25) is 5.78 Å². The van der Waals surface area contributed by atoms with E-state index in [0.717, 1.165) is 25.8 Å². The molecule has 3 atom stereocenters. The quantitative estimate of drug-likeness (QED) is 0.328. The second-order valence-electron chi connectivity index (χ2n) is 11.6. The van der Waals surface area contributed by atoms with Crippen LogP contribution in [0.4, 0.5) is 4.39 Å². The van der Waals surface area contributed by atoms with Crippen molar-refractivity contribution in [3.05, 3.63) is 51.2 Å². The molecule has 0 saturated heterocycles. The van der Waals surface area contributed by atoms with Gasteiger partial charge in [-0.15, -0.1) is 0 Å². The summed E-state index contributed by atoms with van der Waals surface area (Å²) in [6.07, 6.45) is 4.08. The highest BCUT2D eigenvalue weighted by Crippen LogP contribution is 2.52. The number of allylic oxidation sites excluding steroid dienone is 2. The van der Waals surface area contributed by atoms with E-state index in [1.807, 2.05) is 6.92 Å². The maximum Gasteiger partial charge on any atom is 0.255 e. The van der Waals surface area contributed by atoms with Gasteiger partial charge < -0.3 is 26.2 Å². The zero-order valence-electron chi connectivity index (χ0n) is 22.2. The van der Waals surface area contributed by atoms with E-state index in [2.05, 4.69) is 11.8 Å². The number of hydrogen-bond donors (Lipinski definition) is 5. The maximum absolute atomic E-state index is 16.0. The molecule has 0 aromatic heterocycles. The number of aliphatic hydroxyl groups is 3. The van der Waals surface area contributed by atoms with Crippen LogP contribution in [-0.2, 0) is 22.6 Å². The minimum Gasteiger partial charge on any atom is -0.511 e. The van der Waals surface area contributed by atoms with Crippen LogP contribution in [0.15, 0.2) is 28.7 Å². The highest BCUT2D eigenvalue weighted by Gasteiger charge is 2.59. The molecule has 39 heavy (non-hydrogen) atoms. The van der Waals surface area contributed by atoms with Crippen molar-refractivity contribution in [2.45, 2.75) is 70.9 Å². The molecule has 1 saturated carbocycles. The number of phenolic OH excluding ortho intramolecular Hbond substituents is 1. The number of nitrogens with zero attached hydrogens (tertiary/aromatic N) is 1. The molecule has 1 amide bonds. The van der Waals surface area contributed by atoms with E-state index in [0.29, 0.717) is 6.54 Å². The summed E-state index contributed by atoms with van der Waals surface area (Å²) in [5, 5.41) is 43.6. The zero-order valence-corrected chi connectivity index (χ0v) is 22.2. The van der Waals surface area contributed by atoms with Gasteiger partial charge in [-0.1, -0.05) is 20.3 Å². The number of carbonyl (C=O) groups excluding carboxylic acids is 3. The van der Waals surface area contributed by atoms with E-state index in [9.17, 15) is 34.8 Å². The van der Waals surface area contributed by atoms with Crippen LogP contribution in [0.3, 0.4) is 0 Å². The SMILES string of the molecule is CCN(Cc1cc(O)c2c(c1F)CC1C[C@H]3CC(O)=C(C(N)=O)C(=O)[C@@]3(O)C(O)=C1C2=O)CC1(CC)CCC1. The Balaban J connectivity index is 1.52. The topological polar surface area (TPSA) is 161 Å². The van der Waals surface area contributed by atoms with Crippen LogP contribution in [0.1, 0.15) is 73.9 Å². The van der Waals surface area contributed by atoms with Gasteiger partial charge in [0.15, 0.2) is 11.4 Å². The summed E-state index contributed by atoms with van der Waals surface area (Å²) in [4.78, 5) is 40.5. The first-order chi connectivity index (χ1) is 18.4. The molecule has 0 radical (unpaired) electrons. The minimum absolute atomic E-state index is 0.0339. The molecule has 1 fully saturated rings. The predicted molar refractivity (Wildman–Crippen MR) is 138 cm³/mol.